The van der Waals surface area contributed by atoms with Gasteiger partial charge in [-0.05, 0) is 63.4 Å². The maximum Gasteiger partial charge on any atom is 0.298 e. The second-order valence-electron chi connectivity index (χ2n) is 6.46. The van der Waals surface area contributed by atoms with E-state index >= 15 is 0 Å². The molecule has 0 aliphatic carbocycles. The average Bonchev–Trinajstić information content (AvgIpc) is 3.18. The summed E-state index contributed by atoms with van der Waals surface area (Å²) in [5, 5.41) is 0. The molecule has 4 rings (SSSR count). The van der Waals surface area contributed by atoms with Gasteiger partial charge in [0, 0.05) is 19.1 Å². The van der Waals surface area contributed by atoms with Crippen LogP contribution in [-0.4, -0.2) is 42.1 Å². The molecule has 3 heterocycles. The average molecular weight is 285 g/mol. The lowest BCUT2D eigenvalue weighted by Gasteiger charge is -2.27. The van der Waals surface area contributed by atoms with Crippen LogP contribution in [-0.2, 0) is 0 Å². The lowest BCUT2D eigenvalue weighted by molar-refractivity contribution is 0.310. The third-order valence-corrected chi connectivity index (χ3v) is 4.82. The van der Waals surface area contributed by atoms with Crippen LogP contribution in [0.25, 0.3) is 11.1 Å². The molecule has 0 amide bonds. The van der Waals surface area contributed by atoms with Gasteiger partial charge in [0.15, 0.2) is 5.58 Å². The van der Waals surface area contributed by atoms with Crippen molar-refractivity contribution in [3.05, 3.63) is 23.8 Å². The van der Waals surface area contributed by atoms with Crippen molar-refractivity contribution in [1.29, 1.82) is 0 Å². The van der Waals surface area contributed by atoms with Gasteiger partial charge in [-0.1, -0.05) is 6.07 Å². The van der Waals surface area contributed by atoms with Crippen molar-refractivity contribution in [3.63, 3.8) is 0 Å². The Morgan fingerprint density at radius 2 is 2.05 bits per heavy atom. The quantitative estimate of drug-likeness (QED) is 0.867. The van der Waals surface area contributed by atoms with Crippen LogP contribution in [0.2, 0.25) is 0 Å². The van der Waals surface area contributed by atoms with Gasteiger partial charge in [-0.25, -0.2) is 0 Å². The molecule has 2 aliphatic heterocycles. The standard InChI is InChI=1S/C17H23N3O/c1-13-6-7-16-15(11-13)18-17(21-16)20-10-4-5-14(20)12-19-8-2-3-9-19/h6-7,11,14H,2-5,8-10,12H2,1H3. The zero-order valence-corrected chi connectivity index (χ0v) is 12.7. The highest BCUT2D eigenvalue weighted by molar-refractivity contribution is 5.75. The molecular weight excluding hydrogens is 262 g/mol. The molecular formula is C17H23N3O. The van der Waals surface area contributed by atoms with Crippen molar-refractivity contribution in [2.24, 2.45) is 0 Å². The second kappa shape index (κ2) is 5.34. The van der Waals surface area contributed by atoms with E-state index in [1.807, 2.05) is 6.07 Å². The van der Waals surface area contributed by atoms with Crippen LogP contribution in [0.4, 0.5) is 6.01 Å². The summed E-state index contributed by atoms with van der Waals surface area (Å²) in [6.07, 6.45) is 5.22. The SMILES string of the molecule is Cc1ccc2oc(N3CCCC3CN3CCCC3)nc2c1. The molecule has 4 heteroatoms. The summed E-state index contributed by atoms with van der Waals surface area (Å²) in [7, 11) is 0. The van der Waals surface area contributed by atoms with Gasteiger partial charge < -0.3 is 14.2 Å². The second-order valence-corrected chi connectivity index (χ2v) is 6.46. The number of anilines is 1. The van der Waals surface area contributed by atoms with Crippen LogP contribution in [0.15, 0.2) is 22.6 Å². The Balaban J connectivity index is 1.57. The monoisotopic (exact) mass is 285 g/mol. The fourth-order valence-electron chi connectivity index (χ4n) is 3.69. The predicted molar refractivity (Wildman–Crippen MR) is 84.8 cm³/mol. The topological polar surface area (TPSA) is 32.5 Å². The summed E-state index contributed by atoms with van der Waals surface area (Å²) < 4.78 is 6.00. The van der Waals surface area contributed by atoms with E-state index in [2.05, 4.69) is 28.9 Å². The number of benzene rings is 1. The van der Waals surface area contributed by atoms with Crippen LogP contribution in [0.1, 0.15) is 31.2 Å². The Hall–Kier alpha value is -1.55. The van der Waals surface area contributed by atoms with E-state index in [-0.39, 0.29) is 0 Å². The van der Waals surface area contributed by atoms with Crippen LogP contribution in [0.3, 0.4) is 0 Å². The van der Waals surface area contributed by atoms with Gasteiger partial charge in [0.05, 0.1) is 0 Å². The summed E-state index contributed by atoms with van der Waals surface area (Å²) in [6, 6.07) is 7.61. The van der Waals surface area contributed by atoms with Gasteiger partial charge in [0.1, 0.15) is 5.52 Å². The minimum atomic E-state index is 0.567. The molecule has 0 spiro atoms. The highest BCUT2D eigenvalue weighted by Gasteiger charge is 2.30. The molecule has 1 atom stereocenters. The maximum atomic E-state index is 6.00. The van der Waals surface area contributed by atoms with Gasteiger partial charge in [-0.15, -0.1) is 0 Å². The van der Waals surface area contributed by atoms with E-state index in [9.17, 15) is 0 Å². The zero-order valence-electron chi connectivity index (χ0n) is 12.7. The number of aryl methyl sites for hydroxylation is 1. The van der Waals surface area contributed by atoms with Gasteiger partial charge in [0.2, 0.25) is 0 Å². The van der Waals surface area contributed by atoms with Crippen molar-refractivity contribution >= 4 is 17.1 Å². The summed E-state index contributed by atoms with van der Waals surface area (Å²) in [4.78, 5) is 9.70. The molecule has 4 nitrogen and oxygen atoms in total. The Morgan fingerprint density at radius 3 is 2.90 bits per heavy atom. The summed E-state index contributed by atoms with van der Waals surface area (Å²) in [6.45, 7) is 6.86. The summed E-state index contributed by atoms with van der Waals surface area (Å²) in [5.74, 6) is 0. The molecule has 1 aromatic heterocycles. The molecule has 21 heavy (non-hydrogen) atoms. The Labute approximate surface area is 125 Å². The first-order valence-corrected chi connectivity index (χ1v) is 8.16. The largest absolute Gasteiger partial charge is 0.423 e. The van der Waals surface area contributed by atoms with E-state index in [4.69, 9.17) is 9.40 Å². The van der Waals surface area contributed by atoms with Crippen molar-refractivity contribution < 1.29 is 4.42 Å². The third-order valence-electron chi connectivity index (χ3n) is 4.82. The molecule has 0 bridgehead atoms. The van der Waals surface area contributed by atoms with Gasteiger partial charge in [-0.2, -0.15) is 4.98 Å². The van der Waals surface area contributed by atoms with Gasteiger partial charge >= 0.3 is 0 Å². The Morgan fingerprint density at radius 1 is 1.19 bits per heavy atom. The summed E-state index contributed by atoms with van der Waals surface area (Å²) in [5.41, 5.74) is 3.12. The van der Waals surface area contributed by atoms with Crippen LogP contribution in [0.5, 0.6) is 0 Å². The smallest absolute Gasteiger partial charge is 0.298 e. The minimum absolute atomic E-state index is 0.567. The normalized spacial score (nSPS) is 23.5. The molecule has 1 unspecified atom stereocenters. The summed E-state index contributed by atoms with van der Waals surface area (Å²) >= 11 is 0. The predicted octanol–water partition coefficient (Wildman–Crippen LogP) is 3.20. The molecule has 112 valence electrons. The molecule has 2 aliphatic rings. The van der Waals surface area contributed by atoms with E-state index in [0.29, 0.717) is 6.04 Å². The number of nitrogens with zero attached hydrogens (tertiary/aromatic N) is 3. The zero-order chi connectivity index (χ0) is 14.2. The first-order valence-electron chi connectivity index (χ1n) is 8.16. The maximum absolute atomic E-state index is 6.00. The first-order chi connectivity index (χ1) is 10.3. The lowest BCUT2D eigenvalue weighted by Crippen LogP contribution is -2.39. The molecule has 0 N–H and O–H groups in total. The fraction of sp³-hybridized carbons (Fsp3) is 0.588. The molecule has 2 saturated heterocycles. The van der Waals surface area contributed by atoms with Crippen molar-refractivity contribution in [2.75, 3.05) is 31.1 Å². The fourth-order valence-corrected chi connectivity index (χ4v) is 3.69. The van der Waals surface area contributed by atoms with E-state index in [1.165, 1.54) is 44.3 Å². The first kappa shape index (κ1) is 13.1. The highest BCUT2D eigenvalue weighted by atomic mass is 16.4. The van der Waals surface area contributed by atoms with Crippen LogP contribution >= 0.6 is 0 Å². The van der Waals surface area contributed by atoms with Crippen LogP contribution in [0, 0.1) is 6.92 Å². The molecule has 0 saturated carbocycles. The third kappa shape index (κ3) is 2.53. The van der Waals surface area contributed by atoms with Crippen molar-refractivity contribution in [2.45, 2.75) is 38.6 Å². The number of hydrogen-bond donors (Lipinski definition) is 0. The molecule has 0 radical (unpaired) electrons. The number of aromatic nitrogens is 1. The Bertz CT molecular complexity index is 630. The van der Waals surface area contributed by atoms with Gasteiger partial charge in [0.25, 0.3) is 6.01 Å². The minimum Gasteiger partial charge on any atom is -0.423 e. The van der Waals surface area contributed by atoms with E-state index in [0.717, 1.165) is 30.2 Å². The number of likely N-dealkylation sites (tertiary alicyclic amines) is 1. The van der Waals surface area contributed by atoms with Crippen molar-refractivity contribution in [3.8, 4) is 0 Å². The molecule has 2 fully saturated rings. The van der Waals surface area contributed by atoms with Gasteiger partial charge in [-0.3, -0.25) is 0 Å². The molecule has 1 aromatic carbocycles. The number of oxazole rings is 1. The van der Waals surface area contributed by atoms with Crippen molar-refractivity contribution in [1.82, 2.24) is 9.88 Å². The van der Waals surface area contributed by atoms with E-state index < -0.39 is 0 Å². The number of hydrogen-bond acceptors (Lipinski definition) is 4. The molecule has 2 aromatic rings. The number of fused-ring (bicyclic) bond motifs is 1. The Kier molecular flexibility index (Phi) is 3.34. The van der Waals surface area contributed by atoms with E-state index in [1.54, 1.807) is 0 Å². The van der Waals surface area contributed by atoms with Crippen LogP contribution < -0.4 is 4.90 Å². The lowest BCUT2D eigenvalue weighted by atomic mass is 10.2. The number of rotatable bonds is 3. The highest BCUT2D eigenvalue weighted by Crippen LogP contribution is 2.29.